The highest BCUT2D eigenvalue weighted by atomic mass is 32.2. The molecule has 1 unspecified atom stereocenters. The van der Waals surface area contributed by atoms with Crippen LogP contribution in [0, 0.1) is 0 Å². The standard InChI is InChI=1S/C23H29N3O5S/c1-24-32(28,29)22-14-18(8-10-21(22)30-2)9-11-23(27)25-15-20-17-26(12-13-31-20)16-19-6-4-3-5-7-19/h3-11,14,20,24H,12-13,15-17H2,1-2H3,(H,25,27)/b11-9+. The summed E-state index contributed by atoms with van der Waals surface area (Å²) >= 11 is 0. The van der Waals surface area contributed by atoms with E-state index < -0.39 is 10.0 Å². The first kappa shape index (κ1) is 23.9. The third-order valence-corrected chi connectivity index (χ3v) is 6.58. The number of sulfonamides is 1. The summed E-state index contributed by atoms with van der Waals surface area (Å²) in [7, 11) is -0.949. The van der Waals surface area contributed by atoms with Gasteiger partial charge in [-0.3, -0.25) is 9.69 Å². The Morgan fingerprint density at radius 1 is 1.25 bits per heavy atom. The minimum atomic E-state index is -3.69. The summed E-state index contributed by atoms with van der Waals surface area (Å²) in [6.07, 6.45) is 2.85. The van der Waals surface area contributed by atoms with Gasteiger partial charge in [0.1, 0.15) is 10.6 Å². The summed E-state index contributed by atoms with van der Waals surface area (Å²) in [5.41, 5.74) is 1.82. The zero-order valence-electron chi connectivity index (χ0n) is 18.3. The molecule has 32 heavy (non-hydrogen) atoms. The number of morpholine rings is 1. The maximum Gasteiger partial charge on any atom is 0.244 e. The summed E-state index contributed by atoms with van der Waals surface area (Å²) in [5.74, 6) is -0.0434. The van der Waals surface area contributed by atoms with E-state index in [1.807, 2.05) is 18.2 Å². The van der Waals surface area contributed by atoms with Crippen molar-refractivity contribution in [1.82, 2.24) is 14.9 Å². The van der Waals surface area contributed by atoms with Crippen LogP contribution in [0.5, 0.6) is 5.75 Å². The number of carbonyl (C=O) groups is 1. The Labute approximate surface area is 189 Å². The van der Waals surface area contributed by atoms with Crippen LogP contribution < -0.4 is 14.8 Å². The Hall–Kier alpha value is -2.72. The Bertz CT molecular complexity index is 1040. The minimum absolute atomic E-state index is 0.0131. The van der Waals surface area contributed by atoms with Crippen molar-refractivity contribution in [3.63, 3.8) is 0 Å². The summed E-state index contributed by atoms with van der Waals surface area (Å²) in [6.45, 7) is 3.47. The third-order valence-electron chi connectivity index (χ3n) is 5.15. The lowest BCUT2D eigenvalue weighted by Gasteiger charge is -2.33. The van der Waals surface area contributed by atoms with Gasteiger partial charge in [0, 0.05) is 32.3 Å². The van der Waals surface area contributed by atoms with Gasteiger partial charge in [-0.1, -0.05) is 36.4 Å². The number of rotatable bonds is 9. The van der Waals surface area contributed by atoms with Crippen LogP contribution in [0.1, 0.15) is 11.1 Å². The molecule has 2 aromatic carbocycles. The van der Waals surface area contributed by atoms with Crippen LogP contribution in [0.15, 0.2) is 59.5 Å². The molecule has 1 aliphatic heterocycles. The van der Waals surface area contributed by atoms with E-state index in [4.69, 9.17) is 9.47 Å². The van der Waals surface area contributed by atoms with E-state index in [0.717, 1.165) is 19.6 Å². The second-order valence-corrected chi connectivity index (χ2v) is 9.26. The van der Waals surface area contributed by atoms with Crippen LogP contribution in [-0.4, -0.2) is 65.7 Å². The average Bonchev–Trinajstić information content (AvgIpc) is 2.82. The van der Waals surface area contributed by atoms with Crippen molar-refractivity contribution in [3.05, 3.63) is 65.7 Å². The van der Waals surface area contributed by atoms with Gasteiger partial charge in [0.25, 0.3) is 0 Å². The van der Waals surface area contributed by atoms with E-state index in [9.17, 15) is 13.2 Å². The molecule has 0 radical (unpaired) electrons. The Morgan fingerprint density at radius 3 is 2.75 bits per heavy atom. The van der Waals surface area contributed by atoms with E-state index >= 15 is 0 Å². The lowest BCUT2D eigenvalue weighted by Crippen LogP contribution is -2.46. The van der Waals surface area contributed by atoms with Crippen molar-refractivity contribution in [2.45, 2.75) is 17.5 Å². The minimum Gasteiger partial charge on any atom is -0.495 e. The van der Waals surface area contributed by atoms with Crippen LogP contribution >= 0.6 is 0 Å². The molecule has 0 aliphatic carbocycles. The number of hydrogen-bond acceptors (Lipinski definition) is 6. The lowest BCUT2D eigenvalue weighted by atomic mass is 10.2. The number of nitrogens with one attached hydrogen (secondary N) is 2. The first-order valence-corrected chi connectivity index (χ1v) is 11.8. The molecule has 172 valence electrons. The second kappa shape index (κ2) is 11.2. The largest absolute Gasteiger partial charge is 0.495 e. The molecule has 1 heterocycles. The van der Waals surface area contributed by atoms with Crippen molar-refractivity contribution in [3.8, 4) is 5.75 Å². The molecule has 1 aliphatic rings. The summed E-state index contributed by atoms with van der Waals surface area (Å²) in [4.78, 5) is 14.6. The highest BCUT2D eigenvalue weighted by Crippen LogP contribution is 2.25. The molecule has 1 amide bonds. The summed E-state index contributed by atoms with van der Waals surface area (Å²) < 4.78 is 37.5. The average molecular weight is 460 g/mol. The fourth-order valence-electron chi connectivity index (χ4n) is 3.45. The van der Waals surface area contributed by atoms with Crippen LogP contribution in [0.3, 0.4) is 0 Å². The molecule has 3 rings (SSSR count). The topological polar surface area (TPSA) is 97.0 Å². The van der Waals surface area contributed by atoms with Gasteiger partial charge in [-0.05, 0) is 36.4 Å². The van der Waals surface area contributed by atoms with Crippen molar-refractivity contribution in [1.29, 1.82) is 0 Å². The number of nitrogens with zero attached hydrogens (tertiary/aromatic N) is 1. The highest BCUT2D eigenvalue weighted by molar-refractivity contribution is 7.89. The first-order chi connectivity index (χ1) is 15.4. The number of ether oxygens (including phenoxy) is 2. The molecule has 0 bridgehead atoms. The molecule has 1 atom stereocenters. The molecule has 2 aromatic rings. The molecular formula is C23H29N3O5S. The van der Waals surface area contributed by atoms with Gasteiger partial charge in [0.15, 0.2) is 0 Å². The molecular weight excluding hydrogens is 430 g/mol. The number of amides is 1. The van der Waals surface area contributed by atoms with Gasteiger partial charge in [-0.25, -0.2) is 13.1 Å². The van der Waals surface area contributed by atoms with Crippen LogP contribution in [0.4, 0.5) is 0 Å². The normalized spacial score (nSPS) is 17.4. The molecule has 0 spiro atoms. The molecule has 1 fully saturated rings. The van der Waals surface area contributed by atoms with Gasteiger partial charge in [-0.2, -0.15) is 0 Å². The number of hydrogen-bond donors (Lipinski definition) is 2. The van der Waals surface area contributed by atoms with Crippen LogP contribution in [0.25, 0.3) is 6.08 Å². The van der Waals surface area contributed by atoms with E-state index in [2.05, 4.69) is 27.1 Å². The Morgan fingerprint density at radius 2 is 2.03 bits per heavy atom. The van der Waals surface area contributed by atoms with Crippen molar-refractivity contribution in [2.75, 3.05) is 40.4 Å². The molecule has 8 nitrogen and oxygen atoms in total. The maximum absolute atomic E-state index is 12.3. The monoisotopic (exact) mass is 459 g/mol. The number of carbonyl (C=O) groups excluding carboxylic acids is 1. The molecule has 0 saturated carbocycles. The molecule has 9 heteroatoms. The SMILES string of the molecule is CNS(=O)(=O)c1cc(/C=C/C(=O)NCC2CN(Cc3ccccc3)CCO2)ccc1OC. The van der Waals surface area contributed by atoms with Gasteiger partial charge >= 0.3 is 0 Å². The Kier molecular flexibility index (Phi) is 8.40. The maximum atomic E-state index is 12.3. The van der Waals surface area contributed by atoms with E-state index in [1.165, 1.54) is 31.9 Å². The number of benzene rings is 2. The van der Waals surface area contributed by atoms with Gasteiger partial charge in [0.05, 0.1) is 19.8 Å². The van der Waals surface area contributed by atoms with E-state index in [-0.39, 0.29) is 22.7 Å². The second-order valence-electron chi connectivity index (χ2n) is 7.41. The van der Waals surface area contributed by atoms with Crippen molar-refractivity contribution >= 4 is 22.0 Å². The van der Waals surface area contributed by atoms with Crippen LogP contribution in [0.2, 0.25) is 0 Å². The van der Waals surface area contributed by atoms with Gasteiger partial charge < -0.3 is 14.8 Å². The zero-order chi connectivity index (χ0) is 23.0. The molecule has 1 saturated heterocycles. The van der Waals surface area contributed by atoms with Crippen LogP contribution in [-0.2, 0) is 26.1 Å². The van der Waals surface area contributed by atoms with E-state index in [0.29, 0.717) is 18.7 Å². The van der Waals surface area contributed by atoms with Crippen molar-refractivity contribution in [2.24, 2.45) is 0 Å². The van der Waals surface area contributed by atoms with Gasteiger partial charge in [0.2, 0.25) is 15.9 Å². The quantitative estimate of drug-likeness (QED) is 0.554. The predicted octanol–water partition coefficient (Wildman–Crippen LogP) is 1.63. The zero-order valence-corrected chi connectivity index (χ0v) is 19.1. The number of methoxy groups -OCH3 is 1. The molecule has 2 N–H and O–H groups in total. The fraction of sp³-hybridized carbons (Fsp3) is 0.348. The Balaban J connectivity index is 1.54. The smallest absolute Gasteiger partial charge is 0.244 e. The van der Waals surface area contributed by atoms with E-state index in [1.54, 1.807) is 18.2 Å². The first-order valence-electron chi connectivity index (χ1n) is 10.4. The van der Waals surface area contributed by atoms with Gasteiger partial charge in [-0.15, -0.1) is 0 Å². The summed E-state index contributed by atoms with van der Waals surface area (Å²) in [6, 6.07) is 15.0. The molecule has 0 aromatic heterocycles. The predicted molar refractivity (Wildman–Crippen MR) is 123 cm³/mol. The lowest BCUT2D eigenvalue weighted by molar-refractivity contribution is -0.117. The highest BCUT2D eigenvalue weighted by Gasteiger charge is 2.21. The summed E-state index contributed by atoms with van der Waals surface area (Å²) in [5, 5.41) is 2.85. The third kappa shape index (κ3) is 6.64. The fourth-order valence-corrected chi connectivity index (χ4v) is 4.38. The van der Waals surface area contributed by atoms with Crippen molar-refractivity contribution < 1.29 is 22.7 Å².